The van der Waals surface area contributed by atoms with Crippen molar-refractivity contribution >= 4 is 18.0 Å². The van der Waals surface area contributed by atoms with Gasteiger partial charge >= 0.3 is 5.97 Å². The fourth-order valence-corrected chi connectivity index (χ4v) is 1.16. The van der Waals surface area contributed by atoms with Crippen LogP contribution < -0.4 is 10.2 Å². The fourth-order valence-electron chi connectivity index (χ4n) is 1.16. The number of halogens is 1. The SMILES string of the molecule is COc1ccc(C=CC(=O)NOCC(=O)O)cc1F. The van der Waals surface area contributed by atoms with Crippen LogP contribution in [-0.4, -0.2) is 30.7 Å². The molecule has 2 N–H and O–H groups in total. The van der Waals surface area contributed by atoms with Crippen LogP contribution in [0.15, 0.2) is 24.3 Å². The number of methoxy groups -OCH3 is 1. The Morgan fingerprint density at radius 1 is 1.47 bits per heavy atom. The first-order valence-electron chi connectivity index (χ1n) is 5.18. The molecule has 0 fully saturated rings. The van der Waals surface area contributed by atoms with E-state index in [1.54, 1.807) is 6.07 Å². The standard InChI is InChI=1S/C12H12FNO5/c1-18-10-4-2-8(6-9(10)13)3-5-11(15)14-19-7-12(16)17/h2-6H,7H2,1H3,(H,14,15)(H,16,17). The number of benzene rings is 1. The van der Waals surface area contributed by atoms with Gasteiger partial charge in [0.05, 0.1) is 7.11 Å². The van der Waals surface area contributed by atoms with Gasteiger partial charge < -0.3 is 9.84 Å². The van der Waals surface area contributed by atoms with Gasteiger partial charge in [0.1, 0.15) is 0 Å². The minimum Gasteiger partial charge on any atom is -0.494 e. The molecule has 7 heteroatoms. The molecule has 0 heterocycles. The van der Waals surface area contributed by atoms with Crippen molar-refractivity contribution in [2.75, 3.05) is 13.7 Å². The van der Waals surface area contributed by atoms with Gasteiger partial charge in [-0.2, -0.15) is 0 Å². The number of hydrogen-bond donors (Lipinski definition) is 2. The second-order valence-electron chi connectivity index (χ2n) is 3.38. The highest BCUT2D eigenvalue weighted by atomic mass is 19.1. The van der Waals surface area contributed by atoms with Crippen molar-refractivity contribution in [1.29, 1.82) is 0 Å². The third-order valence-corrected chi connectivity index (χ3v) is 1.97. The van der Waals surface area contributed by atoms with Gasteiger partial charge in [0.2, 0.25) is 0 Å². The third-order valence-electron chi connectivity index (χ3n) is 1.97. The molecule has 0 unspecified atom stereocenters. The summed E-state index contributed by atoms with van der Waals surface area (Å²) in [5.41, 5.74) is 2.35. The van der Waals surface area contributed by atoms with Crippen LogP contribution in [0.2, 0.25) is 0 Å². The molecule has 1 aromatic rings. The lowest BCUT2D eigenvalue weighted by Crippen LogP contribution is -2.24. The second-order valence-corrected chi connectivity index (χ2v) is 3.38. The number of nitrogens with one attached hydrogen (secondary N) is 1. The Balaban J connectivity index is 2.54. The van der Waals surface area contributed by atoms with Crippen LogP contribution in [0.1, 0.15) is 5.56 Å². The molecule has 0 bridgehead atoms. The van der Waals surface area contributed by atoms with Gasteiger partial charge in [-0.3, -0.25) is 9.63 Å². The van der Waals surface area contributed by atoms with Crippen LogP contribution in [0, 0.1) is 5.82 Å². The van der Waals surface area contributed by atoms with Gasteiger partial charge in [-0.25, -0.2) is 14.7 Å². The normalized spacial score (nSPS) is 10.4. The first kappa shape index (κ1) is 14.7. The second kappa shape index (κ2) is 7.12. The molecule has 19 heavy (non-hydrogen) atoms. The highest BCUT2D eigenvalue weighted by Gasteiger charge is 2.02. The van der Waals surface area contributed by atoms with Crippen molar-refractivity contribution in [1.82, 2.24) is 5.48 Å². The quantitative estimate of drug-likeness (QED) is 0.594. The predicted octanol–water partition coefficient (Wildman–Crippen LogP) is 0.980. The summed E-state index contributed by atoms with van der Waals surface area (Å²) >= 11 is 0. The molecule has 1 aromatic carbocycles. The lowest BCUT2D eigenvalue weighted by Gasteiger charge is -2.02. The van der Waals surface area contributed by atoms with Gasteiger partial charge in [-0.05, 0) is 23.8 Å². The number of rotatable bonds is 6. The van der Waals surface area contributed by atoms with E-state index in [2.05, 4.69) is 4.84 Å². The molecule has 0 radical (unpaired) electrons. The Labute approximate surface area is 108 Å². The van der Waals surface area contributed by atoms with E-state index in [1.807, 2.05) is 5.48 Å². The molecule has 0 saturated heterocycles. The van der Waals surface area contributed by atoms with E-state index in [0.717, 1.165) is 6.08 Å². The average molecular weight is 269 g/mol. The van der Waals surface area contributed by atoms with Gasteiger partial charge in [0.15, 0.2) is 18.2 Å². The number of carbonyl (C=O) groups excluding carboxylic acids is 1. The summed E-state index contributed by atoms with van der Waals surface area (Å²) in [6.45, 7) is -0.642. The lowest BCUT2D eigenvalue weighted by molar-refractivity contribution is -0.147. The molecule has 0 aliphatic rings. The maximum atomic E-state index is 13.3. The van der Waals surface area contributed by atoms with E-state index in [4.69, 9.17) is 9.84 Å². The predicted molar refractivity (Wildman–Crippen MR) is 63.7 cm³/mol. The molecular formula is C12H12FNO5. The topological polar surface area (TPSA) is 84.9 Å². The van der Waals surface area contributed by atoms with Crippen molar-refractivity contribution in [3.05, 3.63) is 35.7 Å². The highest BCUT2D eigenvalue weighted by Crippen LogP contribution is 2.18. The highest BCUT2D eigenvalue weighted by molar-refractivity contribution is 5.91. The van der Waals surface area contributed by atoms with Crippen LogP contribution in [-0.2, 0) is 14.4 Å². The molecule has 0 saturated carbocycles. The maximum Gasteiger partial charge on any atom is 0.332 e. The van der Waals surface area contributed by atoms with Crippen LogP contribution in [0.5, 0.6) is 5.75 Å². The van der Waals surface area contributed by atoms with Crippen molar-refractivity contribution in [2.24, 2.45) is 0 Å². The number of aliphatic carboxylic acids is 1. The van der Waals surface area contributed by atoms with E-state index >= 15 is 0 Å². The zero-order chi connectivity index (χ0) is 14.3. The smallest absolute Gasteiger partial charge is 0.332 e. The zero-order valence-corrected chi connectivity index (χ0v) is 10.1. The number of carboxylic acid groups (broad SMARTS) is 1. The molecule has 0 aliphatic heterocycles. The van der Waals surface area contributed by atoms with Gasteiger partial charge in [0, 0.05) is 6.08 Å². The summed E-state index contributed by atoms with van der Waals surface area (Å²) in [6.07, 6.45) is 2.44. The van der Waals surface area contributed by atoms with E-state index in [-0.39, 0.29) is 5.75 Å². The zero-order valence-electron chi connectivity index (χ0n) is 10.1. The summed E-state index contributed by atoms with van der Waals surface area (Å²) in [7, 11) is 1.35. The van der Waals surface area contributed by atoms with Crippen LogP contribution >= 0.6 is 0 Å². The first-order valence-corrected chi connectivity index (χ1v) is 5.18. The van der Waals surface area contributed by atoms with Gasteiger partial charge in [-0.15, -0.1) is 0 Å². The number of ether oxygens (including phenoxy) is 1. The number of carbonyl (C=O) groups is 2. The van der Waals surface area contributed by atoms with E-state index in [0.29, 0.717) is 5.56 Å². The minimum atomic E-state index is -1.21. The average Bonchev–Trinajstić information content (AvgIpc) is 2.36. The molecule has 1 amide bonds. The Kier molecular flexibility index (Phi) is 5.49. The molecule has 1 rings (SSSR count). The molecular weight excluding hydrogens is 257 g/mol. The summed E-state index contributed by atoms with van der Waals surface area (Å²) in [4.78, 5) is 25.6. The fraction of sp³-hybridized carbons (Fsp3) is 0.167. The minimum absolute atomic E-state index is 0.103. The molecule has 0 aliphatic carbocycles. The van der Waals surface area contributed by atoms with Crippen molar-refractivity contribution in [3.8, 4) is 5.75 Å². The van der Waals surface area contributed by atoms with Crippen LogP contribution in [0.25, 0.3) is 6.08 Å². The van der Waals surface area contributed by atoms with Gasteiger partial charge in [0.25, 0.3) is 5.91 Å². The number of amides is 1. The molecule has 102 valence electrons. The first-order chi connectivity index (χ1) is 9.02. The summed E-state index contributed by atoms with van der Waals surface area (Å²) < 4.78 is 18.1. The van der Waals surface area contributed by atoms with Crippen LogP contribution in [0.3, 0.4) is 0 Å². The summed E-state index contributed by atoms with van der Waals surface area (Å²) in [6, 6.07) is 4.18. The maximum absolute atomic E-state index is 13.3. The number of hydroxylamine groups is 1. The van der Waals surface area contributed by atoms with E-state index in [1.165, 1.54) is 25.3 Å². The Hall–Kier alpha value is -2.41. The van der Waals surface area contributed by atoms with E-state index in [9.17, 15) is 14.0 Å². The monoisotopic (exact) mass is 269 g/mol. The largest absolute Gasteiger partial charge is 0.494 e. The van der Waals surface area contributed by atoms with Crippen LogP contribution in [0.4, 0.5) is 4.39 Å². The Bertz CT molecular complexity index is 501. The Morgan fingerprint density at radius 2 is 2.21 bits per heavy atom. The number of carboxylic acids is 1. The summed E-state index contributed by atoms with van der Waals surface area (Å²) in [5.74, 6) is -2.31. The molecule has 6 nitrogen and oxygen atoms in total. The van der Waals surface area contributed by atoms with Crippen molar-refractivity contribution < 1.29 is 28.7 Å². The lowest BCUT2D eigenvalue weighted by atomic mass is 10.2. The van der Waals surface area contributed by atoms with Gasteiger partial charge in [-0.1, -0.05) is 6.07 Å². The molecule has 0 atom stereocenters. The van der Waals surface area contributed by atoms with Crippen molar-refractivity contribution in [3.63, 3.8) is 0 Å². The Morgan fingerprint density at radius 3 is 2.79 bits per heavy atom. The summed E-state index contributed by atoms with van der Waals surface area (Å²) in [5, 5.41) is 8.27. The third kappa shape index (κ3) is 5.17. The molecule has 0 aromatic heterocycles. The molecule has 0 spiro atoms. The number of hydrogen-bond acceptors (Lipinski definition) is 4. The van der Waals surface area contributed by atoms with E-state index < -0.39 is 24.3 Å². The van der Waals surface area contributed by atoms with Crippen molar-refractivity contribution in [2.45, 2.75) is 0 Å².